The van der Waals surface area contributed by atoms with Crippen LogP contribution in [0, 0.1) is 6.92 Å². The summed E-state index contributed by atoms with van der Waals surface area (Å²) in [5, 5.41) is 15.3. The maximum absolute atomic E-state index is 11.1. The van der Waals surface area contributed by atoms with Gasteiger partial charge in [0.2, 0.25) is 5.13 Å². The Hall–Kier alpha value is -1.37. The molecule has 1 heterocycles. The lowest BCUT2D eigenvalue weighted by molar-refractivity contribution is 0.218. The van der Waals surface area contributed by atoms with Crippen LogP contribution in [0.15, 0.2) is 0 Å². The smallest absolute Gasteiger partial charge is 0.316 e. The molecule has 1 aromatic rings. The van der Waals surface area contributed by atoms with Gasteiger partial charge in [-0.3, -0.25) is 0 Å². The van der Waals surface area contributed by atoms with Crippen LogP contribution in [0.4, 0.5) is 9.93 Å². The zero-order chi connectivity index (χ0) is 11.3. The number of carbonyl (C=O) groups excluding carboxylic acids is 1. The third kappa shape index (κ3) is 4.11. The predicted molar refractivity (Wildman–Crippen MR) is 60.2 cm³/mol. The summed E-state index contributed by atoms with van der Waals surface area (Å²) in [7, 11) is 3.41. The zero-order valence-electron chi connectivity index (χ0n) is 9.07. The number of rotatable bonds is 4. The van der Waals surface area contributed by atoms with Crippen LogP contribution in [-0.2, 0) is 0 Å². The standard InChI is InChI=1S/C8H15N5OS/c1-6-11-12-7(15-6)9-4-5-10-8(14)13(2)3/h4-5H2,1-3H3,(H,9,12)(H,10,14). The summed E-state index contributed by atoms with van der Waals surface area (Å²) in [6.07, 6.45) is 0. The van der Waals surface area contributed by atoms with Gasteiger partial charge in [-0.1, -0.05) is 11.3 Å². The minimum absolute atomic E-state index is 0.0924. The van der Waals surface area contributed by atoms with Gasteiger partial charge in [-0.25, -0.2) is 4.79 Å². The van der Waals surface area contributed by atoms with Crippen molar-refractivity contribution in [2.24, 2.45) is 0 Å². The maximum Gasteiger partial charge on any atom is 0.316 e. The number of hydrogen-bond donors (Lipinski definition) is 2. The van der Waals surface area contributed by atoms with Gasteiger partial charge < -0.3 is 15.5 Å². The Labute approximate surface area is 92.7 Å². The van der Waals surface area contributed by atoms with E-state index in [1.807, 2.05) is 6.92 Å². The molecule has 2 N–H and O–H groups in total. The van der Waals surface area contributed by atoms with E-state index in [1.165, 1.54) is 16.2 Å². The molecule has 1 rings (SSSR count). The summed E-state index contributed by atoms with van der Waals surface area (Å²) >= 11 is 1.50. The molecule has 0 saturated heterocycles. The molecule has 0 atom stereocenters. The van der Waals surface area contributed by atoms with E-state index in [0.717, 1.165) is 10.1 Å². The fourth-order valence-corrected chi connectivity index (χ4v) is 1.48. The van der Waals surface area contributed by atoms with Gasteiger partial charge in [-0.15, -0.1) is 10.2 Å². The molecule has 6 nitrogen and oxygen atoms in total. The number of nitrogens with zero attached hydrogens (tertiary/aromatic N) is 3. The Morgan fingerprint density at radius 1 is 1.40 bits per heavy atom. The van der Waals surface area contributed by atoms with E-state index in [0.29, 0.717) is 13.1 Å². The summed E-state index contributed by atoms with van der Waals surface area (Å²) in [6, 6.07) is -0.0924. The highest BCUT2D eigenvalue weighted by Gasteiger charge is 2.02. The maximum atomic E-state index is 11.1. The Kier molecular flexibility index (Phi) is 4.29. The van der Waals surface area contributed by atoms with Gasteiger partial charge in [0.15, 0.2) is 0 Å². The van der Waals surface area contributed by atoms with E-state index in [-0.39, 0.29) is 6.03 Å². The summed E-state index contributed by atoms with van der Waals surface area (Å²) in [5.74, 6) is 0. The molecule has 0 unspecified atom stereocenters. The SMILES string of the molecule is Cc1nnc(NCCNC(=O)N(C)C)s1. The van der Waals surface area contributed by atoms with Crippen LogP contribution in [0.2, 0.25) is 0 Å². The Morgan fingerprint density at radius 2 is 2.13 bits per heavy atom. The highest BCUT2D eigenvalue weighted by molar-refractivity contribution is 7.15. The Bertz CT molecular complexity index is 325. The van der Waals surface area contributed by atoms with E-state index in [1.54, 1.807) is 14.1 Å². The van der Waals surface area contributed by atoms with Crippen molar-refractivity contribution in [1.29, 1.82) is 0 Å². The molecule has 0 aliphatic rings. The van der Waals surface area contributed by atoms with Gasteiger partial charge >= 0.3 is 6.03 Å². The number of anilines is 1. The minimum Gasteiger partial charge on any atom is -0.358 e. The molecule has 0 radical (unpaired) electrons. The van der Waals surface area contributed by atoms with Gasteiger partial charge in [-0.2, -0.15) is 0 Å². The molecule has 84 valence electrons. The van der Waals surface area contributed by atoms with Crippen molar-refractivity contribution >= 4 is 22.5 Å². The fraction of sp³-hybridized carbons (Fsp3) is 0.625. The van der Waals surface area contributed by atoms with E-state index in [4.69, 9.17) is 0 Å². The average Bonchev–Trinajstić information content (AvgIpc) is 2.58. The van der Waals surface area contributed by atoms with Crippen LogP contribution in [0.25, 0.3) is 0 Å². The van der Waals surface area contributed by atoms with Crippen molar-refractivity contribution in [3.05, 3.63) is 5.01 Å². The van der Waals surface area contributed by atoms with Gasteiger partial charge in [0.05, 0.1) is 0 Å². The molecule has 0 bridgehead atoms. The topological polar surface area (TPSA) is 70.1 Å². The Balaban J connectivity index is 2.15. The second kappa shape index (κ2) is 5.50. The van der Waals surface area contributed by atoms with Crippen LogP contribution >= 0.6 is 11.3 Å². The molecule has 1 aromatic heterocycles. The third-order valence-corrected chi connectivity index (χ3v) is 2.41. The largest absolute Gasteiger partial charge is 0.358 e. The first-order valence-electron chi connectivity index (χ1n) is 4.58. The summed E-state index contributed by atoms with van der Waals surface area (Å²) in [4.78, 5) is 12.6. The molecule has 0 aliphatic carbocycles. The van der Waals surface area contributed by atoms with E-state index in [2.05, 4.69) is 20.8 Å². The molecule has 0 aliphatic heterocycles. The lowest BCUT2D eigenvalue weighted by Gasteiger charge is -2.11. The lowest BCUT2D eigenvalue weighted by atomic mass is 10.6. The second-order valence-electron chi connectivity index (χ2n) is 3.18. The van der Waals surface area contributed by atoms with E-state index in [9.17, 15) is 4.79 Å². The highest BCUT2D eigenvalue weighted by atomic mass is 32.1. The molecule has 15 heavy (non-hydrogen) atoms. The number of amides is 2. The van der Waals surface area contributed by atoms with Crippen molar-refractivity contribution in [1.82, 2.24) is 20.4 Å². The van der Waals surface area contributed by atoms with Crippen LogP contribution in [0.1, 0.15) is 5.01 Å². The quantitative estimate of drug-likeness (QED) is 0.739. The lowest BCUT2D eigenvalue weighted by Crippen LogP contribution is -2.37. The van der Waals surface area contributed by atoms with Gasteiger partial charge in [0, 0.05) is 27.2 Å². The molecule has 2 amide bonds. The number of nitrogens with one attached hydrogen (secondary N) is 2. The van der Waals surface area contributed by atoms with Gasteiger partial charge in [0.25, 0.3) is 0 Å². The number of urea groups is 1. The Morgan fingerprint density at radius 3 is 2.67 bits per heavy atom. The van der Waals surface area contributed by atoms with Crippen molar-refractivity contribution in [3.8, 4) is 0 Å². The first kappa shape index (κ1) is 11.7. The van der Waals surface area contributed by atoms with Gasteiger partial charge in [0.1, 0.15) is 5.01 Å². The van der Waals surface area contributed by atoms with Crippen molar-refractivity contribution in [2.45, 2.75) is 6.92 Å². The summed E-state index contributed by atoms with van der Waals surface area (Å²) in [5.41, 5.74) is 0. The molecule has 0 fully saturated rings. The molecular weight excluding hydrogens is 214 g/mol. The minimum atomic E-state index is -0.0924. The molecule has 7 heteroatoms. The predicted octanol–water partition coefficient (Wildman–Crippen LogP) is 0.530. The second-order valence-corrected chi connectivity index (χ2v) is 4.36. The average molecular weight is 229 g/mol. The number of hydrogen-bond acceptors (Lipinski definition) is 5. The molecular formula is C8H15N5OS. The van der Waals surface area contributed by atoms with E-state index >= 15 is 0 Å². The number of carbonyl (C=O) groups is 1. The summed E-state index contributed by atoms with van der Waals surface area (Å²) < 4.78 is 0. The van der Waals surface area contributed by atoms with Gasteiger partial charge in [-0.05, 0) is 6.92 Å². The molecule has 0 saturated carbocycles. The van der Waals surface area contributed by atoms with Crippen LogP contribution < -0.4 is 10.6 Å². The number of aromatic nitrogens is 2. The van der Waals surface area contributed by atoms with Crippen LogP contribution in [0.3, 0.4) is 0 Å². The number of aryl methyl sites for hydroxylation is 1. The normalized spacial score (nSPS) is 9.80. The fourth-order valence-electron chi connectivity index (χ4n) is 0.865. The van der Waals surface area contributed by atoms with E-state index < -0.39 is 0 Å². The first-order valence-corrected chi connectivity index (χ1v) is 5.40. The van der Waals surface area contributed by atoms with Crippen molar-refractivity contribution < 1.29 is 4.79 Å². The zero-order valence-corrected chi connectivity index (χ0v) is 9.89. The summed E-state index contributed by atoms with van der Waals surface area (Å²) in [6.45, 7) is 3.11. The van der Waals surface area contributed by atoms with Crippen molar-refractivity contribution in [3.63, 3.8) is 0 Å². The third-order valence-electron chi connectivity index (χ3n) is 1.61. The van der Waals surface area contributed by atoms with Crippen LogP contribution in [-0.4, -0.2) is 48.3 Å². The molecule has 0 aromatic carbocycles. The first-order chi connectivity index (χ1) is 7.09. The van der Waals surface area contributed by atoms with Crippen molar-refractivity contribution in [2.75, 3.05) is 32.5 Å². The molecule has 0 spiro atoms. The highest BCUT2D eigenvalue weighted by Crippen LogP contribution is 2.12. The monoisotopic (exact) mass is 229 g/mol. The van der Waals surface area contributed by atoms with Crippen LogP contribution in [0.5, 0.6) is 0 Å².